The molecule has 0 saturated heterocycles. The van der Waals surface area contributed by atoms with Gasteiger partial charge in [0, 0.05) is 0 Å². The SMILES string of the molecule is C=C1CC[C@H]2C(CCC[C@@]2(C)COCO)C1. The van der Waals surface area contributed by atoms with Gasteiger partial charge in [-0.3, -0.25) is 0 Å². The van der Waals surface area contributed by atoms with Crippen molar-refractivity contribution in [3.8, 4) is 0 Å². The van der Waals surface area contributed by atoms with Crippen molar-refractivity contribution in [3.63, 3.8) is 0 Å². The van der Waals surface area contributed by atoms with Crippen molar-refractivity contribution in [2.75, 3.05) is 13.4 Å². The van der Waals surface area contributed by atoms with E-state index in [1.807, 2.05) is 0 Å². The predicted octanol–water partition coefficient (Wildman–Crippen LogP) is 3.12. The second-order valence-electron chi connectivity index (χ2n) is 5.88. The lowest BCUT2D eigenvalue weighted by atomic mass is 9.58. The van der Waals surface area contributed by atoms with E-state index >= 15 is 0 Å². The van der Waals surface area contributed by atoms with Gasteiger partial charge >= 0.3 is 0 Å². The van der Waals surface area contributed by atoms with Crippen molar-refractivity contribution in [3.05, 3.63) is 12.2 Å². The van der Waals surface area contributed by atoms with E-state index in [0.717, 1.165) is 18.4 Å². The normalized spacial score (nSPS) is 39.5. The maximum atomic E-state index is 8.81. The summed E-state index contributed by atoms with van der Waals surface area (Å²) in [4.78, 5) is 0. The van der Waals surface area contributed by atoms with Crippen LogP contribution in [0.4, 0.5) is 0 Å². The fourth-order valence-electron chi connectivity index (χ4n) is 3.84. The zero-order valence-electron chi connectivity index (χ0n) is 10.4. The summed E-state index contributed by atoms with van der Waals surface area (Å²) in [6, 6.07) is 0. The minimum Gasteiger partial charge on any atom is -0.371 e. The van der Waals surface area contributed by atoms with Gasteiger partial charge in [0.2, 0.25) is 0 Å². The number of aliphatic hydroxyl groups is 1. The van der Waals surface area contributed by atoms with Crippen LogP contribution in [-0.4, -0.2) is 18.5 Å². The summed E-state index contributed by atoms with van der Waals surface area (Å²) in [6.07, 6.45) is 7.60. The third-order valence-electron chi connectivity index (χ3n) is 4.67. The van der Waals surface area contributed by atoms with Gasteiger partial charge < -0.3 is 9.84 Å². The zero-order valence-corrected chi connectivity index (χ0v) is 10.4. The van der Waals surface area contributed by atoms with Crippen LogP contribution in [0.1, 0.15) is 45.4 Å². The second-order valence-corrected chi connectivity index (χ2v) is 5.88. The Morgan fingerprint density at radius 1 is 1.50 bits per heavy atom. The highest BCUT2D eigenvalue weighted by Gasteiger charge is 2.43. The number of aliphatic hydroxyl groups excluding tert-OH is 1. The lowest BCUT2D eigenvalue weighted by Gasteiger charge is -2.48. The van der Waals surface area contributed by atoms with Crippen LogP contribution in [-0.2, 0) is 4.74 Å². The van der Waals surface area contributed by atoms with Crippen LogP contribution in [0.5, 0.6) is 0 Å². The van der Waals surface area contributed by atoms with Crippen LogP contribution >= 0.6 is 0 Å². The summed E-state index contributed by atoms with van der Waals surface area (Å²) >= 11 is 0. The van der Waals surface area contributed by atoms with Crippen molar-refractivity contribution in [2.45, 2.75) is 45.4 Å². The van der Waals surface area contributed by atoms with Gasteiger partial charge in [0.05, 0.1) is 6.61 Å². The highest BCUT2D eigenvalue weighted by atomic mass is 16.6. The largest absolute Gasteiger partial charge is 0.371 e. The van der Waals surface area contributed by atoms with Crippen LogP contribution in [0.25, 0.3) is 0 Å². The van der Waals surface area contributed by atoms with E-state index < -0.39 is 0 Å². The van der Waals surface area contributed by atoms with Gasteiger partial charge in [-0.05, 0) is 49.4 Å². The Bertz CT molecular complexity index is 261. The van der Waals surface area contributed by atoms with E-state index in [4.69, 9.17) is 9.84 Å². The summed E-state index contributed by atoms with van der Waals surface area (Å²) in [7, 11) is 0. The minimum absolute atomic E-state index is 0.139. The Labute approximate surface area is 98.7 Å². The van der Waals surface area contributed by atoms with Gasteiger partial charge in [0.15, 0.2) is 0 Å². The summed E-state index contributed by atoms with van der Waals surface area (Å²) in [6.45, 7) is 7.06. The molecule has 92 valence electrons. The molecule has 0 aromatic heterocycles. The summed E-state index contributed by atoms with van der Waals surface area (Å²) in [5.74, 6) is 1.60. The second kappa shape index (κ2) is 4.89. The predicted molar refractivity (Wildman–Crippen MR) is 65.0 cm³/mol. The summed E-state index contributed by atoms with van der Waals surface area (Å²) < 4.78 is 5.28. The van der Waals surface area contributed by atoms with E-state index in [-0.39, 0.29) is 12.2 Å². The fraction of sp³-hybridized carbons (Fsp3) is 0.857. The standard InChI is InChI=1S/C14H24O2/c1-11-5-6-13-12(8-11)4-3-7-14(13,2)9-16-10-15/h12-13,15H,1,3-10H2,2H3/t12?,13-,14-/m0/s1. The van der Waals surface area contributed by atoms with Crippen LogP contribution in [0, 0.1) is 17.3 Å². The van der Waals surface area contributed by atoms with Crippen molar-refractivity contribution >= 4 is 0 Å². The molecule has 0 spiro atoms. The highest BCUT2D eigenvalue weighted by Crippen LogP contribution is 2.51. The average Bonchev–Trinajstić information content (AvgIpc) is 2.26. The molecule has 1 N–H and O–H groups in total. The maximum absolute atomic E-state index is 8.81. The molecule has 2 aliphatic carbocycles. The van der Waals surface area contributed by atoms with Crippen molar-refractivity contribution in [1.29, 1.82) is 0 Å². The summed E-state index contributed by atoms with van der Waals surface area (Å²) in [5.41, 5.74) is 1.72. The first-order valence-corrected chi connectivity index (χ1v) is 6.51. The fourth-order valence-corrected chi connectivity index (χ4v) is 3.84. The Balaban J connectivity index is 2.05. The Morgan fingerprint density at radius 3 is 3.06 bits per heavy atom. The van der Waals surface area contributed by atoms with Crippen molar-refractivity contribution in [1.82, 2.24) is 0 Å². The Morgan fingerprint density at radius 2 is 2.31 bits per heavy atom. The average molecular weight is 224 g/mol. The number of hydrogen-bond donors (Lipinski definition) is 1. The van der Waals surface area contributed by atoms with Gasteiger partial charge in [0.1, 0.15) is 6.79 Å². The van der Waals surface area contributed by atoms with Gasteiger partial charge in [-0.15, -0.1) is 0 Å². The molecule has 0 aromatic carbocycles. The third kappa shape index (κ3) is 2.33. The molecule has 2 fully saturated rings. The number of hydrogen-bond acceptors (Lipinski definition) is 2. The molecule has 0 radical (unpaired) electrons. The zero-order chi connectivity index (χ0) is 11.6. The number of fused-ring (bicyclic) bond motifs is 1. The molecule has 0 aliphatic heterocycles. The molecule has 0 aromatic rings. The third-order valence-corrected chi connectivity index (χ3v) is 4.67. The molecular formula is C14H24O2. The van der Waals surface area contributed by atoms with Crippen LogP contribution in [0.2, 0.25) is 0 Å². The molecule has 0 heterocycles. The Kier molecular flexibility index (Phi) is 3.70. The first-order chi connectivity index (χ1) is 7.65. The quantitative estimate of drug-likeness (QED) is 0.589. The maximum Gasteiger partial charge on any atom is 0.143 e. The molecule has 0 amide bonds. The lowest BCUT2D eigenvalue weighted by molar-refractivity contribution is -0.0839. The summed E-state index contributed by atoms with van der Waals surface area (Å²) in [5, 5.41) is 8.81. The lowest BCUT2D eigenvalue weighted by Crippen LogP contribution is -2.42. The van der Waals surface area contributed by atoms with E-state index in [0.29, 0.717) is 0 Å². The van der Waals surface area contributed by atoms with E-state index in [2.05, 4.69) is 13.5 Å². The molecule has 2 rings (SSSR count). The van der Waals surface area contributed by atoms with Crippen LogP contribution in [0.15, 0.2) is 12.2 Å². The van der Waals surface area contributed by atoms with E-state index in [1.165, 1.54) is 44.1 Å². The van der Waals surface area contributed by atoms with E-state index in [9.17, 15) is 0 Å². The van der Waals surface area contributed by atoms with E-state index in [1.54, 1.807) is 0 Å². The minimum atomic E-state index is -0.139. The smallest absolute Gasteiger partial charge is 0.143 e. The molecule has 2 heteroatoms. The molecular weight excluding hydrogens is 200 g/mol. The van der Waals surface area contributed by atoms with Crippen LogP contribution < -0.4 is 0 Å². The van der Waals surface area contributed by atoms with Crippen LogP contribution in [0.3, 0.4) is 0 Å². The van der Waals surface area contributed by atoms with Gasteiger partial charge in [-0.25, -0.2) is 0 Å². The Hall–Kier alpha value is -0.340. The number of allylic oxidation sites excluding steroid dienone is 1. The molecule has 2 nitrogen and oxygen atoms in total. The first kappa shape index (κ1) is 12.1. The van der Waals surface area contributed by atoms with Gasteiger partial charge in [0.25, 0.3) is 0 Å². The van der Waals surface area contributed by atoms with Crippen molar-refractivity contribution < 1.29 is 9.84 Å². The molecule has 2 aliphatic rings. The highest BCUT2D eigenvalue weighted by molar-refractivity contribution is 5.06. The number of rotatable bonds is 3. The molecule has 2 saturated carbocycles. The van der Waals surface area contributed by atoms with Gasteiger partial charge in [-0.1, -0.05) is 25.5 Å². The molecule has 1 unspecified atom stereocenters. The number of ether oxygens (including phenoxy) is 1. The molecule has 16 heavy (non-hydrogen) atoms. The topological polar surface area (TPSA) is 29.5 Å². The first-order valence-electron chi connectivity index (χ1n) is 6.51. The molecule has 3 atom stereocenters. The van der Waals surface area contributed by atoms with Gasteiger partial charge in [-0.2, -0.15) is 0 Å². The van der Waals surface area contributed by atoms with Crippen molar-refractivity contribution in [2.24, 2.45) is 17.3 Å². The molecule has 0 bridgehead atoms. The monoisotopic (exact) mass is 224 g/mol.